The van der Waals surface area contributed by atoms with Crippen LogP contribution in [0.3, 0.4) is 0 Å². The molecule has 2 aliphatic carbocycles. The van der Waals surface area contributed by atoms with Gasteiger partial charge >= 0.3 is 0 Å². The summed E-state index contributed by atoms with van der Waals surface area (Å²) in [4.78, 5) is 0. The molecule has 108 valence electrons. The molecule has 0 amide bonds. The van der Waals surface area contributed by atoms with Gasteiger partial charge in [0.25, 0.3) is 0 Å². The maximum absolute atomic E-state index is 9.88. The Bertz CT molecular complexity index is 399. The zero-order valence-electron chi connectivity index (χ0n) is 12.5. The maximum Gasteiger partial charge on any atom is 0.164 e. The Morgan fingerprint density at radius 3 is 2.74 bits per heavy atom. The van der Waals surface area contributed by atoms with Gasteiger partial charge in [-0.1, -0.05) is 26.3 Å². The van der Waals surface area contributed by atoms with Gasteiger partial charge in [0, 0.05) is 13.0 Å². The molecule has 0 spiro atoms. The van der Waals surface area contributed by atoms with E-state index in [9.17, 15) is 5.11 Å². The van der Waals surface area contributed by atoms with Crippen molar-refractivity contribution in [2.45, 2.75) is 52.4 Å². The average molecular weight is 266 g/mol. The van der Waals surface area contributed by atoms with E-state index in [1.54, 1.807) is 7.11 Å². The number of allylic oxidation sites excluding steroid dienone is 1. The van der Waals surface area contributed by atoms with E-state index in [1.807, 2.05) is 0 Å². The molecule has 3 nitrogen and oxygen atoms in total. The molecule has 3 heteroatoms. The van der Waals surface area contributed by atoms with E-state index < -0.39 is 0 Å². The van der Waals surface area contributed by atoms with E-state index in [0.29, 0.717) is 17.3 Å². The Morgan fingerprint density at radius 1 is 1.37 bits per heavy atom. The molecule has 1 N–H and O–H groups in total. The third kappa shape index (κ3) is 2.07. The predicted molar refractivity (Wildman–Crippen MR) is 73.6 cm³/mol. The molecule has 3 aliphatic rings. The lowest BCUT2D eigenvalue weighted by Crippen LogP contribution is -2.29. The summed E-state index contributed by atoms with van der Waals surface area (Å²) in [6, 6.07) is 0. The number of fused-ring (bicyclic) bond motifs is 3. The van der Waals surface area contributed by atoms with Crippen LogP contribution in [0.2, 0.25) is 0 Å². The first kappa shape index (κ1) is 13.6. The normalized spacial score (nSPS) is 44.4. The molecule has 2 fully saturated rings. The minimum absolute atomic E-state index is 0.160. The van der Waals surface area contributed by atoms with Crippen molar-refractivity contribution in [2.75, 3.05) is 13.7 Å². The third-order valence-electron chi connectivity index (χ3n) is 5.50. The summed E-state index contributed by atoms with van der Waals surface area (Å²) in [7, 11) is 1.71. The molecule has 0 radical (unpaired) electrons. The fraction of sp³-hybridized carbons (Fsp3) is 0.875. The van der Waals surface area contributed by atoms with Crippen LogP contribution in [-0.2, 0) is 9.47 Å². The van der Waals surface area contributed by atoms with Gasteiger partial charge in [-0.3, -0.25) is 0 Å². The van der Waals surface area contributed by atoms with Crippen molar-refractivity contribution < 1.29 is 14.6 Å². The topological polar surface area (TPSA) is 38.7 Å². The SMILES string of the molecule is CO[C@H]1O[C@@H]2C[C@H]1C(CO)=C1CC(C)(C)C[C@@H]1[C@@H]2C. The molecule has 1 saturated heterocycles. The van der Waals surface area contributed by atoms with E-state index in [2.05, 4.69) is 20.8 Å². The van der Waals surface area contributed by atoms with Gasteiger partial charge in [-0.15, -0.1) is 0 Å². The van der Waals surface area contributed by atoms with E-state index in [4.69, 9.17) is 9.47 Å². The van der Waals surface area contributed by atoms with Gasteiger partial charge in [0.15, 0.2) is 6.29 Å². The van der Waals surface area contributed by atoms with E-state index in [-0.39, 0.29) is 24.9 Å². The summed E-state index contributed by atoms with van der Waals surface area (Å²) in [6.07, 6.45) is 3.48. The molecule has 0 aromatic carbocycles. The molecule has 5 atom stereocenters. The Hall–Kier alpha value is -0.380. The quantitative estimate of drug-likeness (QED) is 0.781. The minimum Gasteiger partial charge on any atom is -0.392 e. The lowest BCUT2D eigenvalue weighted by molar-refractivity contribution is -0.141. The summed E-state index contributed by atoms with van der Waals surface area (Å²) in [5, 5.41) is 9.88. The molecule has 0 aromatic rings. The monoisotopic (exact) mass is 266 g/mol. The number of hydrogen-bond acceptors (Lipinski definition) is 3. The van der Waals surface area contributed by atoms with Gasteiger partial charge < -0.3 is 14.6 Å². The number of aliphatic hydroxyl groups excluding tert-OH is 1. The minimum atomic E-state index is -0.160. The molecule has 0 aromatic heterocycles. The maximum atomic E-state index is 9.88. The molecule has 2 bridgehead atoms. The fourth-order valence-corrected chi connectivity index (χ4v) is 4.56. The largest absolute Gasteiger partial charge is 0.392 e. The van der Waals surface area contributed by atoms with Crippen LogP contribution in [-0.4, -0.2) is 31.2 Å². The summed E-state index contributed by atoms with van der Waals surface area (Å²) in [6.45, 7) is 7.15. The Morgan fingerprint density at radius 2 is 2.11 bits per heavy atom. The van der Waals surface area contributed by atoms with Crippen LogP contribution < -0.4 is 0 Å². The van der Waals surface area contributed by atoms with Gasteiger partial charge in [-0.05, 0) is 42.1 Å². The van der Waals surface area contributed by atoms with Crippen molar-refractivity contribution in [1.82, 2.24) is 0 Å². The van der Waals surface area contributed by atoms with Crippen LogP contribution in [0.1, 0.15) is 40.0 Å². The Labute approximate surface area is 116 Å². The number of rotatable bonds is 2. The average Bonchev–Trinajstić information content (AvgIpc) is 2.88. The first-order valence-corrected chi connectivity index (χ1v) is 7.48. The van der Waals surface area contributed by atoms with Gasteiger partial charge in [0.1, 0.15) is 0 Å². The molecule has 1 heterocycles. The number of methoxy groups -OCH3 is 1. The van der Waals surface area contributed by atoms with E-state index in [0.717, 1.165) is 12.8 Å². The molecule has 19 heavy (non-hydrogen) atoms. The van der Waals surface area contributed by atoms with Gasteiger partial charge in [-0.25, -0.2) is 0 Å². The van der Waals surface area contributed by atoms with Crippen molar-refractivity contribution in [3.8, 4) is 0 Å². The van der Waals surface area contributed by atoms with E-state index in [1.165, 1.54) is 17.6 Å². The van der Waals surface area contributed by atoms with Crippen molar-refractivity contribution in [1.29, 1.82) is 0 Å². The lowest BCUT2D eigenvalue weighted by atomic mass is 9.83. The van der Waals surface area contributed by atoms with Crippen molar-refractivity contribution in [2.24, 2.45) is 23.2 Å². The molecular formula is C16H26O3. The smallest absolute Gasteiger partial charge is 0.164 e. The van der Waals surface area contributed by atoms with Gasteiger partial charge in [0.05, 0.1) is 12.7 Å². The number of hydrogen-bond donors (Lipinski definition) is 1. The molecule has 0 unspecified atom stereocenters. The van der Waals surface area contributed by atoms with Gasteiger partial charge in [-0.2, -0.15) is 0 Å². The summed E-state index contributed by atoms with van der Waals surface area (Å²) >= 11 is 0. The zero-order valence-corrected chi connectivity index (χ0v) is 12.5. The molecular weight excluding hydrogens is 240 g/mol. The first-order valence-electron chi connectivity index (χ1n) is 7.48. The number of aliphatic hydroxyl groups is 1. The predicted octanol–water partition coefficient (Wildman–Crippen LogP) is 2.74. The highest BCUT2D eigenvalue weighted by Gasteiger charge is 2.50. The highest BCUT2D eigenvalue weighted by Crippen LogP contribution is 2.55. The summed E-state index contributed by atoms with van der Waals surface area (Å²) in [5.41, 5.74) is 3.08. The first-order chi connectivity index (χ1) is 8.96. The van der Waals surface area contributed by atoms with Crippen LogP contribution in [0.15, 0.2) is 11.1 Å². The van der Waals surface area contributed by atoms with Crippen LogP contribution in [0, 0.1) is 23.2 Å². The Kier molecular flexibility index (Phi) is 3.27. The van der Waals surface area contributed by atoms with Crippen LogP contribution >= 0.6 is 0 Å². The Balaban J connectivity index is 2.04. The van der Waals surface area contributed by atoms with Crippen molar-refractivity contribution in [3.63, 3.8) is 0 Å². The van der Waals surface area contributed by atoms with Crippen LogP contribution in [0.4, 0.5) is 0 Å². The zero-order chi connectivity index (χ0) is 13.8. The third-order valence-corrected chi connectivity index (χ3v) is 5.50. The van der Waals surface area contributed by atoms with Crippen LogP contribution in [0.25, 0.3) is 0 Å². The fourth-order valence-electron chi connectivity index (χ4n) is 4.56. The van der Waals surface area contributed by atoms with E-state index >= 15 is 0 Å². The molecule has 1 aliphatic heterocycles. The van der Waals surface area contributed by atoms with Crippen molar-refractivity contribution in [3.05, 3.63) is 11.1 Å². The second-order valence-corrected chi connectivity index (χ2v) is 7.34. The summed E-state index contributed by atoms with van der Waals surface area (Å²) in [5.74, 6) is 1.38. The summed E-state index contributed by atoms with van der Waals surface area (Å²) < 4.78 is 11.6. The highest BCUT2D eigenvalue weighted by atomic mass is 16.7. The second-order valence-electron chi connectivity index (χ2n) is 7.34. The standard InChI is InChI=1S/C16H26O3/c1-9-11-6-16(2,3)7-12(11)13(8-17)10-5-14(9)19-15(10)18-4/h9-11,14-15,17H,5-8H2,1-4H3/t9-,10-,11+,14+,15-/m0/s1. The molecule has 3 rings (SSSR count). The lowest BCUT2D eigenvalue weighted by Gasteiger charge is -2.29. The van der Waals surface area contributed by atoms with Crippen molar-refractivity contribution >= 4 is 0 Å². The second kappa shape index (κ2) is 4.57. The van der Waals surface area contributed by atoms with Gasteiger partial charge in [0.2, 0.25) is 0 Å². The molecule has 1 saturated carbocycles. The highest BCUT2D eigenvalue weighted by molar-refractivity contribution is 5.30. The number of ether oxygens (including phenoxy) is 2. The van der Waals surface area contributed by atoms with Crippen LogP contribution in [0.5, 0.6) is 0 Å².